The van der Waals surface area contributed by atoms with E-state index in [0.29, 0.717) is 0 Å². The first-order chi connectivity index (χ1) is 10.5. The average molecular weight is 303 g/mol. The molecule has 2 rings (SSSR count). The predicted molar refractivity (Wildman–Crippen MR) is 87.1 cm³/mol. The van der Waals surface area contributed by atoms with Crippen LogP contribution >= 0.6 is 0 Å². The summed E-state index contributed by atoms with van der Waals surface area (Å²) in [6.07, 6.45) is 0.297. The number of furan rings is 1. The Morgan fingerprint density at radius 3 is 2.36 bits per heavy atom. The van der Waals surface area contributed by atoms with Gasteiger partial charge in [0.15, 0.2) is 0 Å². The van der Waals surface area contributed by atoms with Crippen molar-refractivity contribution >= 4 is 0 Å². The number of nitrogens with one attached hydrogen (secondary N) is 1. The Bertz CT molecular complexity index is 576. The van der Waals surface area contributed by atoms with E-state index in [1.165, 1.54) is 0 Å². The van der Waals surface area contributed by atoms with E-state index >= 15 is 0 Å². The van der Waals surface area contributed by atoms with Gasteiger partial charge in [0.25, 0.3) is 0 Å². The van der Waals surface area contributed by atoms with Crippen molar-refractivity contribution in [2.75, 3.05) is 7.11 Å². The average Bonchev–Trinajstić information content (AvgIpc) is 3.03. The molecular formula is C18H25NO3. The molecule has 3 atom stereocenters. The molecule has 2 N–H and O–H groups in total. The molecule has 0 amide bonds. The zero-order chi connectivity index (χ0) is 16.1. The van der Waals surface area contributed by atoms with Gasteiger partial charge >= 0.3 is 0 Å². The Hall–Kier alpha value is -1.78. The maximum absolute atomic E-state index is 10.5. The van der Waals surface area contributed by atoms with Crippen LogP contribution in [0.15, 0.2) is 40.8 Å². The van der Waals surface area contributed by atoms with E-state index in [-0.39, 0.29) is 12.1 Å². The predicted octanol–water partition coefficient (Wildman–Crippen LogP) is 3.62. The van der Waals surface area contributed by atoms with E-state index in [1.54, 1.807) is 7.11 Å². The molecule has 0 bridgehead atoms. The number of ether oxygens (including phenoxy) is 1. The van der Waals surface area contributed by atoms with Gasteiger partial charge in [0.1, 0.15) is 17.3 Å². The van der Waals surface area contributed by atoms with E-state index in [1.807, 2.05) is 50.2 Å². The monoisotopic (exact) mass is 303 g/mol. The molecule has 22 heavy (non-hydrogen) atoms. The van der Waals surface area contributed by atoms with Crippen LogP contribution in [0.4, 0.5) is 0 Å². The molecule has 2 aromatic rings. The summed E-state index contributed by atoms with van der Waals surface area (Å²) in [5.74, 6) is 2.66. The Morgan fingerprint density at radius 2 is 1.82 bits per heavy atom. The van der Waals surface area contributed by atoms with Crippen molar-refractivity contribution in [2.45, 2.75) is 45.4 Å². The summed E-state index contributed by atoms with van der Waals surface area (Å²) in [4.78, 5) is 0. The number of rotatable bonds is 7. The van der Waals surface area contributed by atoms with E-state index in [2.05, 4.69) is 12.2 Å². The topological polar surface area (TPSA) is 54.6 Å². The van der Waals surface area contributed by atoms with E-state index < -0.39 is 6.10 Å². The second-order valence-corrected chi connectivity index (χ2v) is 5.55. The van der Waals surface area contributed by atoms with Crippen LogP contribution in [0.2, 0.25) is 0 Å². The highest BCUT2D eigenvalue weighted by Crippen LogP contribution is 2.23. The summed E-state index contributed by atoms with van der Waals surface area (Å²) >= 11 is 0. The van der Waals surface area contributed by atoms with Crippen molar-refractivity contribution in [3.05, 3.63) is 53.5 Å². The molecule has 1 heterocycles. The van der Waals surface area contributed by atoms with Gasteiger partial charge in [0.05, 0.1) is 19.3 Å². The minimum Gasteiger partial charge on any atom is -0.497 e. The van der Waals surface area contributed by atoms with Crippen molar-refractivity contribution in [3.8, 4) is 5.75 Å². The number of benzene rings is 1. The Labute approximate surface area is 132 Å². The van der Waals surface area contributed by atoms with Crippen molar-refractivity contribution in [1.29, 1.82) is 0 Å². The van der Waals surface area contributed by atoms with Crippen LogP contribution in [0.3, 0.4) is 0 Å². The third kappa shape index (κ3) is 3.90. The highest BCUT2D eigenvalue weighted by atomic mass is 16.5. The number of methoxy groups -OCH3 is 1. The van der Waals surface area contributed by atoms with Crippen LogP contribution in [0.5, 0.6) is 5.75 Å². The van der Waals surface area contributed by atoms with Gasteiger partial charge in [-0.05, 0) is 43.7 Å². The maximum Gasteiger partial charge on any atom is 0.120 e. The lowest BCUT2D eigenvalue weighted by Crippen LogP contribution is -2.34. The molecule has 0 spiro atoms. The second-order valence-electron chi connectivity index (χ2n) is 5.55. The van der Waals surface area contributed by atoms with Gasteiger partial charge in [-0.3, -0.25) is 0 Å². The molecule has 3 unspecified atom stereocenters. The molecule has 0 aliphatic heterocycles. The first-order valence-electron chi connectivity index (χ1n) is 7.71. The summed E-state index contributed by atoms with van der Waals surface area (Å²) in [5, 5.41) is 13.9. The lowest BCUT2D eigenvalue weighted by molar-refractivity contribution is 0.128. The largest absolute Gasteiger partial charge is 0.497 e. The normalized spacial score (nSPS) is 15.3. The number of aliphatic hydroxyl groups excluding tert-OH is 1. The number of aryl methyl sites for hydroxylation is 1. The molecule has 1 aromatic carbocycles. The summed E-state index contributed by atoms with van der Waals surface area (Å²) in [6.45, 7) is 6.07. The SMILES string of the molecule is CCc1ccc(C(C)NC(C)C(O)c2ccc(OC)cc2)o1. The molecule has 0 radical (unpaired) electrons. The van der Waals surface area contributed by atoms with Crippen molar-refractivity contribution in [3.63, 3.8) is 0 Å². The summed E-state index contributed by atoms with van der Waals surface area (Å²) in [5.41, 5.74) is 0.863. The van der Waals surface area contributed by atoms with Gasteiger partial charge in [-0.15, -0.1) is 0 Å². The molecule has 4 nitrogen and oxygen atoms in total. The zero-order valence-corrected chi connectivity index (χ0v) is 13.7. The fourth-order valence-electron chi connectivity index (χ4n) is 2.47. The van der Waals surface area contributed by atoms with Crippen molar-refractivity contribution in [1.82, 2.24) is 5.32 Å². The third-order valence-corrected chi connectivity index (χ3v) is 3.90. The summed E-state index contributed by atoms with van der Waals surface area (Å²) in [7, 11) is 1.63. The molecule has 4 heteroatoms. The lowest BCUT2D eigenvalue weighted by atomic mass is 10.0. The van der Waals surface area contributed by atoms with Crippen LogP contribution in [0, 0.1) is 0 Å². The summed E-state index contributed by atoms with van der Waals surface area (Å²) in [6, 6.07) is 11.4. The van der Waals surface area contributed by atoms with Gasteiger partial charge in [-0.1, -0.05) is 19.1 Å². The fourth-order valence-corrected chi connectivity index (χ4v) is 2.47. The Balaban J connectivity index is 1.98. The molecule has 0 saturated heterocycles. The highest BCUT2D eigenvalue weighted by Gasteiger charge is 2.20. The van der Waals surface area contributed by atoms with Gasteiger partial charge < -0.3 is 19.6 Å². The fraction of sp³-hybridized carbons (Fsp3) is 0.444. The maximum atomic E-state index is 10.5. The molecule has 0 saturated carbocycles. The Morgan fingerprint density at radius 1 is 1.14 bits per heavy atom. The molecule has 120 valence electrons. The highest BCUT2D eigenvalue weighted by molar-refractivity contribution is 5.29. The molecule has 0 aliphatic rings. The lowest BCUT2D eigenvalue weighted by Gasteiger charge is -2.24. The van der Waals surface area contributed by atoms with Gasteiger partial charge in [0.2, 0.25) is 0 Å². The number of hydrogen-bond acceptors (Lipinski definition) is 4. The van der Waals surface area contributed by atoms with Crippen LogP contribution in [0.1, 0.15) is 50.0 Å². The standard InChI is InChI=1S/C18H25NO3/c1-5-15-10-11-17(22-15)12(2)19-13(3)18(20)14-6-8-16(21-4)9-7-14/h6-13,18-20H,5H2,1-4H3. The van der Waals surface area contributed by atoms with E-state index in [9.17, 15) is 5.11 Å². The molecular weight excluding hydrogens is 278 g/mol. The van der Waals surface area contributed by atoms with E-state index in [4.69, 9.17) is 9.15 Å². The van der Waals surface area contributed by atoms with E-state index in [0.717, 1.165) is 29.3 Å². The summed E-state index contributed by atoms with van der Waals surface area (Å²) < 4.78 is 10.9. The smallest absolute Gasteiger partial charge is 0.120 e. The van der Waals surface area contributed by atoms with Crippen molar-refractivity contribution < 1.29 is 14.3 Å². The quantitative estimate of drug-likeness (QED) is 0.820. The first kappa shape index (κ1) is 16.6. The van der Waals surface area contributed by atoms with Crippen molar-refractivity contribution in [2.24, 2.45) is 0 Å². The number of aliphatic hydroxyl groups is 1. The third-order valence-electron chi connectivity index (χ3n) is 3.90. The molecule has 0 fully saturated rings. The Kier molecular flexibility index (Phi) is 5.63. The minimum atomic E-state index is -0.589. The van der Waals surface area contributed by atoms with Crippen LogP contribution < -0.4 is 10.1 Å². The minimum absolute atomic E-state index is 0.0446. The van der Waals surface area contributed by atoms with Crippen LogP contribution in [-0.4, -0.2) is 18.3 Å². The van der Waals surface area contributed by atoms with Crippen LogP contribution in [-0.2, 0) is 6.42 Å². The zero-order valence-electron chi connectivity index (χ0n) is 13.7. The molecule has 1 aromatic heterocycles. The number of hydrogen-bond donors (Lipinski definition) is 2. The molecule has 0 aliphatic carbocycles. The first-order valence-corrected chi connectivity index (χ1v) is 7.71. The van der Waals surface area contributed by atoms with Crippen LogP contribution in [0.25, 0.3) is 0 Å². The van der Waals surface area contributed by atoms with Gasteiger partial charge in [0, 0.05) is 12.5 Å². The van der Waals surface area contributed by atoms with Gasteiger partial charge in [-0.25, -0.2) is 0 Å². The second kappa shape index (κ2) is 7.47. The van der Waals surface area contributed by atoms with Gasteiger partial charge in [-0.2, -0.15) is 0 Å².